The van der Waals surface area contributed by atoms with Crippen LogP contribution in [0, 0.1) is 0 Å². The summed E-state index contributed by atoms with van der Waals surface area (Å²) in [5, 5.41) is 6.49. The van der Waals surface area contributed by atoms with Crippen LogP contribution in [-0.4, -0.2) is 0 Å². The second-order valence-corrected chi connectivity index (χ2v) is 17.1. The Labute approximate surface area is 361 Å². The molecule has 9 aromatic rings. The third-order valence-corrected chi connectivity index (χ3v) is 13.1. The molecule has 302 valence electrons. The molecule has 0 saturated heterocycles. The number of fused-ring (bicyclic) bond motifs is 6. The van der Waals surface area contributed by atoms with Crippen LogP contribution in [0.4, 0.5) is 0 Å². The summed E-state index contributed by atoms with van der Waals surface area (Å²) < 4.78 is 46.6. The smallest absolute Gasteiger partial charge is 0.449 e. The van der Waals surface area contributed by atoms with E-state index < -0.39 is 17.2 Å². The van der Waals surface area contributed by atoms with Crippen molar-refractivity contribution in [1.82, 2.24) is 0 Å². The predicted octanol–water partition coefficient (Wildman–Crippen LogP) is 15.3. The van der Waals surface area contributed by atoms with Gasteiger partial charge in [0.2, 0.25) is 0 Å². The highest BCUT2D eigenvalue weighted by Crippen LogP contribution is 2.53. The largest absolute Gasteiger partial charge is 0.530 e. The van der Waals surface area contributed by atoms with E-state index in [9.17, 15) is 0 Å². The van der Waals surface area contributed by atoms with Crippen LogP contribution >= 0.6 is 17.2 Å². The number of ether oxygens (including phenoxy) is 1. The minimum absolute atomic E-state index is 0.476. The standard InChI is InChI=1S/C53H38O7P2/c1-5-15-40-32-46(27-23-36(40)11-1)55-61(56-47-28-24-37-12-2-6-16-41(37)33-47)59-50-21-9-19-44-31-45-20-10-22-51(53(45)54-52(44)50)60-62(57-48-29-25-38-13-3-7-17-42(38)34-48)58-49-30-26-39-14-4-8-18-43(39)35-49/h1-3,5-13,15-30,32-35H,4,14,31H2. The highest BCUT2D eigenvalue weighted by Gasteiger charge is 2.30. The van der Waals surface area contributed by atoms with E-state index in [2.05, 4.69) is 54.6 Å². The quantitative estimate of drug-likeness (QED) is 0.113. The Morgan fingerprint density at radius 1 is 0.371 bits per heavy atom. The number of para-hydroxylation sites is 2. The van der Waals surface area contributed by atoms with Gasteiger partial charge in [-0.1, -0.05) is 133 Å². The second kappa shape index (κ2) is 16.8. The Morgan fingerprint density at radius 3 is 1.29 bits per heavy atom. The number of rotatable bonds is 12. The number of benzene rings is 9. The Bertz CT molecular complexity index is 3070. The summed E-state index contributed by atoms with van der Waals surface area (Å²) in [5.41, 5.74) is 4.32. The molecule has 0 amide bonds. The summed E-state index contributed by atoms with van der Waals surface area (Å²) in [4.78, 5) is 0. The molecular formula is C53H38O7P2. The average molecular weight is 849 g/mol. The molecule has 0 N–H and O–H groups in total. The van der Waals surface area contributed by atoms with Crippen molar-refractivity contribution >= 4 is 55.6 Å². The van der Waals surface area contributed by atoms with Gasteiger partial charge >= 0.3 is 17.2 Å². The molecule has 0 bridgehead atoms. The van der Waals surface area contributed by atoms with Crippen LogP contribution in [0.3, 0.4) is 0 Å². The first-order valence-corrected chi connectivity index (χ1v) is 22.7. The van der Waals surface area contributed by atoms with E-state index in [1.54, 1.807) is 0 Å². The third-order valence-electron chi connectivity index (χ3n) is 10.9. The van der Waals surface area contributed by atoms with Gasteiger partial charge in [0.05, 0.1) is 0 Å². The van der Waals surface area contributed by atoms with Gasteiger partial charge in [-0.2, -0.15) is 0 Å². The third kappa shape index (κ3) is 8.09. The lowest BCUT2D eigenvalue weighted by molar-refractivity contribution is 0.358. The molecule has 9 heteroatoms. The van der Waals surface area contributed by atoms with Crippen molar-refractivity contribution in [2.75, 3.05) is 0 Å². The molecular weight excluding hydrogens is 811 g/mol. The van der Waals surface area contributed by atoms with E-state index in [0.717, 1.165) is 61.8 Å². The zero-order valence-corrected chi connectivity index (χ0v) is 35.1. The van der Waals surface area contributed by atoms with Crippen LogP contribution < -0.4 is 31.9 Å². The van der Waals surface area contributed by atoms with Gasteiger partial charge in [-0.05, 0) is 117 Å². The summed E-state index contributed by atoms with van der Waals surface area (Å²) in [5.74, 6) is 4.59. The summed E-state index contributed by atoms with van der Waals surface area (Å²) in [6, 6.07) is 60.3. The van der Waals surface area contributed by atoms with E-state index in [1.807, 2.05) is 140 Å². The van der Waals surface area contributed by atoms with E-state index in [-0.39, 0.29) is 0 Å². The van der Waals surface area contributed by atoms with Crippen LogP contribution in [0.1, 0.15) is 28.7 Å². The lowest BCUT2D eigenvalue weighted by atomic mass is 9.97. The van der Waals surface area contributed by atoms with E-state index >= 15 is 0 Å². The van der Waals surface area contributed by atoms with Crippen molar-refractivity contribution in [3.05, 3.63) is 210 Å². The topological polar surface area (TPSA) is 64.6 Å². The molecule has 1 unspecified atom stereocenters. The molecule has 7 nitrogen and oxygen atoms in total. The SMILES string of the molecule is C1=Cc2cc(OP(Oc3ccc4ccccc4c3)Oc3cccc4c3Oc3c(cccc3OP(Oc3ccc5ccccc5c3)Oc3ccc5ccccc5c3)C4)ccc2CC1. The van der Waals surface area contributed by atoms with Crippen molar-refractivity contribution in [3.8, 4) is 46.0 Å². The predicted molar refractivity (Wildman–Crippen MR) is 249 cm³/mol. The normalized spacial score (nSPS) is 13.1. The van der Waals surface area contributed by atoms with Crippen LogP contribution in [0.25, 0.3) is 38.4 Å². The average Bonchev–Trinajstić information content (AvgIpc) is 3.31. The Hall–Kier alpha value is -7.04. The number of hydrogen-bond acceptors (Lipinski definition) is 7. The lowest BCUT2D eigenvalue weighted by Crippen LogP contribution is -2.09. The molecule has 0 aromatic heterocycles. The molecule has 0 fully saturated rings. The fourth-order valence-electron chi connectivity index (χ4n) is 7.83. The first kappa shape index (κ1) is 37.9. The van der Waals surface area contributed by atoms with Gasteiger partial charge < -0.3 is 31.9 Å². The molecule has 0 radical (unpaired) electrons. The highest BCUT2D eigenvalue weighted by atomic mass is 31.2. The van der Waals surface area contributed by atoms with Gasteiger partial charge in [-0.3, -0.25) is 0 Å². The molecule has 2 aliphatic rings. The molecule has 11 rings (SSSR count). The van der Waals surface area contributed by atoms with Gasteiger partial charge in [-0.25, -0.2) is 0 Å². The zero-order chi connectivity index (χ0) is 41.2. The summed E-state index contributed by atoms with van der Waals surface area (Å²) >= 11 is 0. The van der Waals surface area contributed by atoms with Crippen molar-refractivity contribution in [2.24, 2.45) is 0 Å². The number of allylic oxidation sites excluding steroid dienone is 1. The molecule has 0 saturated carbocycles. The molecule has 9 aromatic carbocycles. The maximum atomic E-state index is 6.83. The monoisotopic (exact) mass is 848 g/mol. The van der Waals surface area contributed by atoms with Crippen molar-refractivity contribution in [3.63, 3.8) is 0 Å². The summed E-state index contributed by atoms with van der Waals surface area (Å²) in [6.45, 7) is 0. The van der Waals surface area contributed by atoms with Gasteiger partial charge in [0.15, 0.2) is 23.0 Å². The summed E-state index contributed by atoms with van der Waals surface area (Å²) in [7, 11) is -4.05. The van der Waals surface area contributed by atoms with Gasteiger partial charge in [0, 0.05) is 17.5 Å². The molecule has 1 aliphatic heterocycles. The molecule has 62 heavy (non-hydrogen) atoms. The van der Waals surface area contributed by atoms with Crippen LogP contribution in [0.2, 0.25) is 0 Å². The van der Waals surface area contributed by atoms with Crippen molar-refractivity contribution in [1.29, 1.82) is 0 Å². The first-order chi connectivity index (χ1) is 30.6. The fraction of sp³-hybridized carbons (Fsp3) is 0.0566. The van der Waals surface area contributed by atoms with Crippen molar-refractivity contribution < 1.29 is 31.9 Å². The highest BCUT2D eigenvalue weighted by molar-refractivity contribution is 7.43. The van der Waals surface area contributed by atoms with E-state index in [0.29, 0.717) is 52.4 Å². The van der Waals surface area contributed by atoms with Gasteiger partial charge in [0.25, 0.3) is 0 Å². The lowest BCUT2D eigenvalue weighted by Gasteiger charge is -2.26. The molecule has 1 aliphatic carbocycles. The molecule has 0 spiro atoms. The summed E-state index contributed by atoms with van der Waals surface area (Å²) in [6.07, 6.45) is 6.94. The van der Waals surface area contributed by atoms with Gasteiger partial charge in [0.1, 0.15) is 23.0 Å². The number of aryl methyl sites for hydroxylation is 1. The Balaban J connectivity index is 0.906. The van der Waals surface area contributed by atoms with E-state index in [4.69, 9.17) is 31.9 Å². The van der Waals surface area contributed by atoms with Crippen molar-refractivity contribution in [2.45, 2.75) is 19.3 Å². The minimum Gasteiger partial charge on any atom is -0.449 e. The fourth-order valence-corrected chi connectivity index (χ4v) is 9.81. The maximum Gasteiger partial charge on any atom is 0.530 e. The van der Waals surface area contributed by atoms with Gasteiger partial charge in [-0.15, -0.1) is 0 Å². The van der Waals surface area contributed by atoms with Crippen LogP contribution in [0.5, 0.6) is 46.0 Å². The zero-order valence-electron chi connectivity index (χ0n) is 33.3. The molecule has 1 heterocycles. The van der Waals surface area contributed by atoms with E-state index in [1.165, 1.54) is 5.56 Å². The molecule has 1 atom stereocenters. The Morgan fingerprint density at radius 2 is 0.806 bits per heavy atom. The van der Waals surface area contributed by atoms with Crippen LogP contribution in [-0.2, 0) is 12.8 Å². The number of hydrogen-bond donors (Lipinski definition) is 0. The Kier molecular flexibility index (Phi) is 10.3. The van der Waals surface area contributed by atoms with Crippen LogP contribution in [0.15, 0.2) is 188 Å². The first-order valence-electron chi connectivity index (χ1n) is 20.5. The maximum absolute atomic E-state index is 6.83. The second-order valence-electron chi connectivity index (χ2n) is 15.1. The minimum atomic E-state index is -2.03.